The van der Waals surface area contributed by atoms with Gasteiger partial charge in [0.15, 0.2) is 0 Å². The van der Waals surface area contributed by atoms with Crippen LogP contribution in [0.2, 0.25) is 0 Å². The van der Waals surface area contributed by atoms with Crippen LogP contribution in [0.1, 0.15) is 23.7 Å². The minimum absolute atomic E-state index is 0.188. The quantitative estimate of drug-likeness (QED) is 0.586. The van der Waals surface area contributed by atoms with Crippen molar-refractivity contribution in [1.82, 2.24) is 0 Å². The maximum Gasteiger partial charge on any atom is 0.305 e. The molecule has 0 aliphatic carbocycles. The van der Waals surface area contributed by atoms with E-state index in [4.69, 9.17) is 9.57 Å². The van der Waals surface area contributed by atoms with Crippen molar-refractivity contribution < 1.29 is 19.2 Å². The molecule has 0 amide bonds. The largest absolute Gasteiger partial charge is 0.423 e. The summed E-state index contributed by atoms with van der Waals surface area (Å²) in [5, 5.41) is 3.64. The van der Waals surface area contributed by atoms with E-state index in [0.29, 0.717) is 5.56 Å². The highest BCUT2D eigenvalue weighted by molar-refractivity contribution is 6.46. The first-order chi connectivity index (χ1) is 8.16. The van der Waals surface area contributed by atoms with E-state index in [1.807, 2.05) is 6.07 Å². The SMILES string of the molecule is CC(=O)OC1CC(C(=O)c2ccccc2)=NO1. The van der Waals surface area contributed by atoms with Crippen LogP contribution in [0.3, 0.4) is 0 Å². The Morgan fingerprint density at radius 1 is 1.35 bits per heavy atom. The number of rotatable bonds is 3. The molecule has 2 rings (SSSR count). The summed E-state index contributed by atoms with van der Waals surface area (Å²) in [5.74, 6) is -0.668. The highest BCUT2D eigenvalue weighted by Gasteiger charge is 2.28. The zero-order valence-corrected chi connectivity index (χ0v) is 9.25. The summed E-state index contributed by atoms with van der Waals surface area (Å²) in [6.07, 6.45) is -0.594. The summed E-state index contributed by atoms with van der Waals surface area (Å²) < 4.78 is 4.80. The molecule has 17 heavy (non-hydrogen) atoms. The highest BCUT2D eigenvalue weighted by Crippen LogP contribution is 2.15. The van der Waals surface area contributed by atoms with E-state index < -0.39 is 12.3 Å². The second kappa shape index (κ2) is 4.78. The molecule has 1 aliphatic rings. The fourth-order valence-electron chi connectivity index (χ4n) is 1.49. The van der Waals surface area contributed by atoms with Gasteiger partial charge in [-0.1, -0.05) is 35.5 Å². The lowest BCUT2D eigenvalue weighted by Crippen LogP contribution is -2.19. The van der Waals surface area contributed by atoms with Crippen molar-refractivity contribution in [3.8, 4) is 0 Å². The van der Waals surface area contributed by atoms with Gasteiger partial charge in [0.1, 0.15) is 5.71 Å². The maximum absolute atomic E-state index is 11.9. The van der Waals surface area contributed by atoms with Crippen LogP contribution in [0, 0.1) is 0 Å². The monoisotopic (exact) mass is 233 g/mol. The predicted octanol–water partition coefficient (Wildman–Crippen LogP) is 1.53. The number of hydrogen-bond donors (Lipinski definition) is 0. The summed E-state index contributed by atoms with van der Waals surface area (Å²) in [7, 11) is 0. The number of Topliss-reactive ketones (excluding diaryl/α,β-unsaturated/α-hetero) is 1. The summed E-state index contributed by atoms with van der Waals surface area (Å²) in [5.41, 5.74) is 0.806. The summed E-state index contributed by atoms with van der Waals surface area (Å²) in [4.78, 5) is 27.5. The zero-order valence-electron chi connectivity index (χ0n) is 9.25. The molecular weight excluding hydrogens is 222 g/mol. The molecule has 0 bridgehead atoms. The number of nitrogens with zero attached hydrogens (tertiary/aromatic N) is 1. The molecule has 0 saturated heterocycles. The fourth-order valence-corrected chi connectivity index (χ4v) is 1.49. The van der Waals surface area contributed by atoms with Gasteiger partial charge in [0, 0.05) is 12.5 Å². The molecule has 5 heteroatoms. The van der Waals surface area contributed by atoms with Crippen molar-refractivity contribution in [2.75, 3.05) is 0 Å². The Kier molecular flexibility index (Phi) is 3.18. The van der Waals surface area contributed by atoms with Crippen LogP contribution >= 0.6 is 0 Å². The van der Waals surface area contributed by atoms with E-state index in [-0.39, 0.29) is 17.9 Å². The van der Waals surface area contributed by atoms with Gasteiger partial charge in [-0.25, -0.2) is 0 Å². The molecule has 1 atom stereocenters. The van der Waals surface area contributed by atoms with Crippen LogP contribution in [0.15, 0.2) is 35.5 Å². The van der Waals surface area contributed by atoms with Crippen LogP contribution in [0.4, 0.5) is 0 Å². The first kappa shape index (κ1) is 11.3. The van der Waals surface area contributed by atoms with E-state index >= 15 is 0 Å². The van der Waals surface area contributed by atoms with Gasteiger partial charge in [-0.05, 0) is 0 Å². The van der Waals surface area contributed by atoms with Crippen LogP contribution in [-0.2, 0) is 14.4 Å². The van der Waals surface area contributed by atoms with Crippen LogP contribution in [0.25, 0.3) is 0 Å². The third-order valence-electron chi connectivity index (χ3n) is 2.24. The van der Waals surface area contributed by atoms with Gasteiger partial charge in [0.25, 0.3) is 6.29 Å². The van der Waals surface area contributed by atoms with Crippen molar-refractivity contribution in [3.63, 3.8) is 0 Å². The third-order valence-corrected chi connectivity index (χ3v) is 2.24. The number of ether oxygens (including phenoxy) is 1. The molecule has 5 nitrogen and oxygen atoms in total. The molecule has 0 aromatic heterocycles. The minimum atomic E-state index is -0.782. The summed E-state index contributed by atoms with van der Waals surface area (Å²) in [6.45, 7) is 1.28. The fraction of sp³-hybridized carbons (Fsp3) is 0.250. The van der Waals surface area contributed by atoms with Gasteiger partial charge < -0.3 is 9.57 Å². The molecule has 88 valence electrons. The Hall–Kier alpha value is -2.17. The first-order valence-corrected chi connectivity index (χ1v) is 5.16. The molecule has 1 aliphatic heterocycles. The molecule has 0 N–H and O–H groups in total. The Balaban J connectivity index is 2.02. The Labute approximate surface area is 98.0 Å². The van der Waals surface area contributed by atoms with Crippen molar-refractivity contribution >= 4 is 17.5 Å². The number of carbonyl (C=O) groups excluding carboxylic acids is 2. The van der Waals surface area contributed by atoms with Gasteiger partial charge in [-0.3, -0.25) is 9.59 Å². The first-order valence-electron chi connectivity index (χ1n) is 5.16. The van der Waals surface area contributed by atoms with E-state index in [1.165, 1.54) is 6.92 Å². The molecule has 1 unspecified atom stereocenters. The average molecular weight is 233 g/mol. The molecule has 1 heterocycles. The van der Waals surface area contributed by atoms with Crippen molar-refractivity contribution in [1.29, 1.82) is 0 Å². The Morgan fingerprint density at radius 2 is 2.06 bits per heavy atom. The van der Waals surface area contributed by atoms with Gasteiger partial charge >= 0.3 is 5.97 Å². The standard InChI is InChI=1S/C12H11NO4/c1-8(14)16-11-7-10(13-17-11)12(15)9-5-3-2-4-6-9/h2-6,11H,7H2,1H3. The predicted molar refractivity (Wildman–Crippen MR) is 59.5 cm³/mol. The molecule has 1 aromatic carbocycles. The average Bonchev–Trinajstić information content (AvgIpc) is 2.77. The smallest absolute Gasteiger partial charge is 0.305 e. The normalized spacial score (nSPS) is 18.2. The molecule has 0 saturated carbocycles. The zero-order chi connectivity index (χ0) is 12.3. The Bertz CT molecular complexity index is 467. The second-order valence-electron chi connectivity index (χ2n) is 3.58. The lowest BCUT2D eigenvalue weighted by atomic mass is 10.1. The third kappa shape index (κ3) is 2.69. The molecule has 0 spiro atoms. The topological polar surface area (TPSA) is 65.0 Å². The van der Waals surface area contributed by atoms with Crippen LogP contribution < -0.4 is 0 Å². The van der Waals surface area contributed by atoms with E-state index in [0.717, 1.165) is 0 Å². The highest BCUT2D eigenvalue weighted by atomic mass is 16.8. The number of esters is 1. The lowest BCUT2D eigenvalue weighted by Gasteiger charge is -2.06. The Morgan fingerprint density at radius 3 is 2.71 bits per heavy atom. The maximum atomic E-state index is 11.9. The summed E-state index contributed by atoms with van der Waals surface area (Å²) in [6, 6.07) is 8.76. The van der Waals surface area contributed by atoms with E-state index in [1.54, 1.807) is 24.3 Å². The summed E-state index contributed by atoms with van der Waals surface area (Å²) >= 11 is 0. The number of benzene rings is 1. The molecule has 0 radical (unpaired) electrons. The molecule has 1 aromatic rings. The molecular formula is C12H11NO4. The lowest BCUT2D eigenvalue weighted by molar-refractivity contribution is -0.170. The number of hydrogen-bond acceptors (Lipinski definition) is 5. The van der Waals surface area contributed by atoms with Gasteiger partial charge in [-0.2, -0.15) is 0 Å². The van der Waals surface area contributed by atoms with Crippen LogP contribution in [-0.4, -0.2) is 23.8 Å². The van der Waals surface area contributed by atoms with E-state index in [9.17, 15) is 9.59 Å². The molecule has 0 fully saturated rings. The van der Waals surface area contributed by atoms with Crippen molar-refractivity contribution in [3.05, 3.63) is 35.9 Å². The number of ketones is 1. The minimum Gasteiger partial charge on any atom is -0.423 e. The van der Waals surface area contributed by atoms with Gasteiger partial charge in [-0.15, -0.1) is 0 Å². The number of oxime groups is 1. The van der Waals surface area contributed by atoms with Crippen molar-refractivity contribution in [2.24, 2.45) is 5.16 Å². The van der Waals surface area contributed by atoms with E-state index in [2.05, 4.69) is 5.16 Å². The van der Waals surface area contributed by atoms with Gasteiger partial charge in [0.2, 0.25) is 5.78 Å². The van der Waals surface area contributed by atoms with Crippen LogP contribution in [0.5, 0.6) is 0 Å². The van der Waals surface area contributed by atoms with Crippen molar-refractivity contribution in [2.45, 2.75) is 19.6 Å². The second-order valence-corrected chi connectivity index (χ2v) is 3.58. The number of carbonyl (C=O) groups is 2. The van der Waals surface area contributed by atoms with Gasteiger partial charge in [0.05, 0.1) is 6.42 Å².